The van der Waals surface area contributed by atoms with Gasteiger partial charge in [-0.2, -0.15) is 0 Å². The van der Waals surface area contributed by atoms with E-state index >= 15 is 0 Å². The maximum atomic E-state index is 8.91. The molecule has 1 unspecified atom stereocenters. The minimum atomic E-state index is 0.272. The second-order valence-corrected chi connectivity index (χ2v) is 4.75. The molecule has 0 bridgehead atoms. The van der Waals surface area contributed by atoms with Gasteiger partial charge in [-0.1, -0.05) is 11.6 Å². The van der Waals surface area contributed by atoms with Gasteiger partial charge in [0.1, 0.15) is 0 Å². The predicted molar refractivity (Wildman–Crippen MR) is 67.9 cm³/mol. The van der Waals surface area contributed by atoms with Gasteiger partial charge in [-0.3, -0.25) is 0 Å². The van der Waals surface area contributed by atoms with Crippen molar-refractivity contribution in [1.29, 1.82) is 0 Å². The normalized spacial score (nSPS) is 20.4. The van der Waals surface area contributed by atoms with Gasteiger partial charge < -0.3 is 15.7 Å². The third kappa shape index (κ3) is 2.42. The number of benzene rings is 1. The molecule has 4 heteroatoms. The number of aliphatic hydroxyl groups excluding tert-OH is 1. The van der Waals surface area contributed by atoms with Gasteiger partial charge >= 0.3 is 0 Å². The van der Waals surface area contributed by atoms with Crippen molar-refractivity contribution < 1.29 is 5.11 Å². The summed E-state index contributed by atoms with van der Waals surface area (Å²) in [6.07, 6.45) is 2.01. The number of nitrogen functional groups attached to an aromatic ring is 1. The van der Waals surface area contributed by atoms with E-state index in [4.69, 9.17) is 22.4 Å². The molecule has 0 saturated carbocycles. The van der Waals surface area contributed by atoms with Crippen LogP contribution in [0.4, 0.5) is 11.4 Å². The Bertz CT molecular complexity index is 370. The summed E-state index contributed by atoms with van der Waals surface area (Å²) in [5.41, 5.74) is 7.74. The number of halogens is 1. The van der Waals surface area contributed by atoms with Gasteiger partial charge in [-0.25, -0.2) is 0 Å². The van der Waals surface area contributed by atoms with Gasteiger partial charge in [0.05, 0.1) is 11.4 Å². The van der Waals surface area contributed by atoms with Crippen LogP contribution in [0.1, 0.15) is 12.8 Å². The first-order chi connectivity index (χ1) is 7.70. The number of anilines is 2. The van der Waals surface area contributed by atoms with Crippen LogP contribution in [-0.4, -0.2) is 24.8 Å². The van der Waals surface area contributed by atoms with Gasteiger partial charge in [-0.15, -0.1) is 0 Å². The monoisotopic (exact) mass is 240 g/mol. The second-order valence-electron chi connectivity index (χ2n) is 4.32. The lowest BCUT2D eigenvalue weighted by Crippen LogP contribution is -2.21. The number of hydrogen-bond acceptors (Lipinski definition) is 3. The molecule has 2 rings (SSSR count). The fourth-order valence-corrected chi connectivity index (χ4v) is 2.46. The zero-order chi connectivity index (χ0) is 11.5. The molecule has 1 aromatic carbocycles. The molecule has 0 aliphatic carbocycles. The minimum absolute atomic E-state index is 0.272. The van der Waals surface area contributed by atoms with Crippen molar-refractivity contribution in [2.24, 2.45) is 5.92 Å². The second kappa shape index (κ2) is 4.93. The summed E-state index contributed by atoms with van der Waals surface area (Å²) >= 11 is 5.87. The molecule has 1 fully saturated rings. The maximum absolute atomic E-state index is 8.91. The third-order valence-electron chi connectivity index (χ3n) is 3.15. The fraction of sp³-hybridized carbons (Fsp3) is 0.500. The summed E-state index contributed by atoms with van der Waals surface area (Å²) < 4.78 is 0. The quantitative estimate of drug-likeness (QED) is 0.796. The molecular weight excluding hydrogens is 224 g/mol. The Labute approximate surface area is 101 Å². The van der Waals surface area contributed by atoms with Crippen LogP contribution in [0.2, 0.25) is 5.02 Å². The highest BCUT2D eigenvalue weighted by Crippen LogP contribution is 2.31. The van der Waals surface area contributed by atoms with Crippen LogP contribution in [0.25, 0.3) is 0 Å². The Hall–Kier alpha value is -0.930. The number of nitrogens with zero attached hydrogens (tertiary/aromatic N) is 1. The molecule has 1 saturated heterocycles. The average molecular weight is 241 g/mol. The van der Waals surface area contributed by atoms with Crippen molar-refractivity contribution in [1.82, 2.24) is 0 Å². The van der Waals surface area contributed by atoms with Gasteiger partial charge in [-0.05, 0) is 37.0 Å². The van der Waals surface area contributed by atoms with E-state index in [0.717, 1.165) is 37.3 Å². The molecule has 1 aliphatic heterocycles. The predicted octanol–water partition coefficient (Wildman–Crippen LogP) is 2.13. The van der Waals surface area contributed by atoms with Crippen LogP contribution < -0.4 is 10.6 Å². The topological polar surface area (TPSA) is 49.5 Å². The molecule has 0 radical (unpaired) electrons. The first-order valence-corrected chi connectivity index (χ1v) is 5.99. The Kier molecular flexibility index (Phi) is 3.56. The smallest absolute Gasteiger partial charge is 0.0601 e. The lowest BCUT2D eigenvalue weighted by Gasteiger charge is -2.20. The number of nitrogens with two attached hydrogens (primary N) is 1. The van der Waals surface area contributed by atoms with E-state index in [0.29, 0.717) is 10.9 Å². The van der Waals surface area contributed by atoms with E-state index in [1.54, 1.807) is 6.07 Å². The Morgan fingerprint density at radius 2 is 2.31 bits per heavy atom. The number of aliphatic hydroxyl groups is 1. The summed E-state index contributed by atoms with van der Waals surface area (Å²) in [7, 11) is 0. The first kappa shape index (κ1) is 11.6. The van der Waals surface area contributed by atoms with Crippen LogP contribution in [0.15, 0.2) is 18.2 Å². The van der Waals surface area contributed by atoms with Crippen molar-refractivity contribution in [3.63, 3.8) is 0 Å². The number of hydrogen-bond donors (Lipinski definition) is 2. The molecule has 1 heterocycles. The zero-order valence-corrected chi connectivity index (χ0v) is 9.95. The summed E-state index contributed by atoms with van der Waals surface area (Å²) in [6.45, 7) is 2.26. The Morgan fingerprint density at radius 3 is 3.00 bits per heavy atom. The minimum Gasteiger partial charge on any atom is -0.397 e. The highest BCUT2D eigenvalue weighted by Gasteiger charge is 2.23. The first-order valence-electron chi connectivity index (χ1n) is 5.61. The van der Waals surface area contributed by atoms with Crippen molar-refractivity contribution in [2.75, 3.05) is 30.3 Å². The van der Waals surface area contributed by atoms with Gasteiger partial charge in [0.25, 0.3) is 0 Å². The molecule has 0 spiro atoms. The van der Waals surface area contributed by atoms with E-state index in [1.165, 1.54) is 0 Å². The summed E-state index contributed by atoms with van der Waals surface area (Å²) in [4.78, 5) is 2.27. The molecule has 1 atom stereocenters. The van der Waals surface area contributed by atoms with Crippen molar-refractivity contribution in [3.8, 4) is 0 Å². The van der Waals surface area contributed by atoms with E-state index < -0.39 is 0 Å². The number of rotatable bonds is 3. The standard InChI is InChI=1S/C12H17ClN2O/c13-10-1-2-12(11(14)7-10)15-5-3-9(8-15)4-6-16/h1-2,7,9,16H,3-6,8,14H2. The SMILES string of the molecule is Nc1cc(Cl)ccc1N1CCC(CCO)C1. The molecular formula is C12H17ClN2O. The molecule has 16 heavy (non-hydrogen) atoms. The Morgan fingerprint density at radius 1 is 1.50 bits per heavy atom. The molecule has 0 amide bonds. The molecule has 3 N–H and O–H groups in total. The fourth-order valence-electron chi connectivity index (χ4n) is 2.28. The summed E-state index contributed by atoms with van der Waals surface area (Å²) in [5, 5.41) is 9.59. The highest BCUT2D eigenvalue weighted by molar-refractivity contribution is 6.31. The lowest BCUT2D eigenvalue weighted by molar-refractivity contribution is 0.263. The van der Waals surface area contributed by atoms with Crippen LogP contribution in [0, 0.1) is 5.92 Å². The van der Waals surface area contributed by atoms with Crippen LogP contribution in [0.3, 0.4) is 0 Å². The van der Waals surface area contributed by atoms with Gasteiger partial charge in [0.2, 0.25) is 0 Å². The van der Waals surface area contributed by atoms with Crippen LogP contribution in [0.5, 0.6) is 0 Å². The largest absolute Gasteiger partial charge is 0.397 e. The lowest BCUT2D eigenvalue weighted by atomic mass is 10.1. The highest BCUT2D eigenvalue weighted by atomic mass is 35.5. The molecule has 1 aromatic rings. The molecule has 0 aromatic heterocycles. The van der Waals surface area contributed by atoms with E-state index in [2.05, 4.69) is 4.90 Å². The summed E-state index contributed by atoms with van der Waals surface area (Å²) in [6, 6.07) is 5.63. The Balaban J connectivity index is 2.08. The molecule has 3 nitrogen and oxygen atoms in total. The average Bonchev–Trinajstić information content (AvgIpc) is 2.67. The van der Waals surface area contributed by atoms with Crippen LogP contribution in [-0.2, 0) is 0 Å². The van der Waals surface area contributed by atoms with E-state index in [1.807, 2.05) is 12.1 Å². The zero-order valence-electron chi connectivity index (χ0n) is 9.19. The van der Waals surface area contributed by atoms with Crippen molar-refractivity contribution in [2.45, 2.75) is 12.8 Å². The van der Waals surface area contributed by atoms with Crippen molar-refractivity contribution >= 4 is 23.0 Å². The van der Waals surface area contributed by atoms with Gasteiger partial charge in [0, 0.05) is 24.7 Å². The third-order valence-corrected chi connectivity index (χ3v) is 3.39. The van der Waals surface area contributed by atoms with Gasteiger partial charge in [0.15, 0.2) is 0 Å². The molecule has 88 valence electrons. The van der Waals surface area contributed by atoms with Crippen LogP contribution >= 0.6 is 11.6 Å². The van der Waals surface area contributed by atoms with E-state index in [-0.39, 0.29) is 6.61 Å². The van der Waals surface area contributed by atoms with Crippen molar-refractivity contribution in [3.05, 3.63) is 23.2 Å². The maximum Gasteiger partial charge on any atom is 0.0601 e. The summed E-state index contributed by atoms with van der Waals surface area (Å²) in [5.74, 6) is 0.583. The molecule has 1 aliphatic rings. The van der Waals surface area contributed by atoms with E-state index in [9.17, 15) is 0 Å².